The van der Waals surface area contributed by atoms with E-state index in [4.69, 9.17) is 0 Å². The minimum Gasteiger partial charge on any atom is -0.322 e. The van der Waals surface area contributed by atoms with Crippen molar-refractivity contribution in [2.75, 3.05) is 10.6 Å². The van der Waals surface area contributed by atoms with Gasteiger partial charge in [-0.3, -0.25) is 9.59 Å². The number of carbonyl (C=O) groups is 2. The van der Waals surface area contributed by atoms with Crippen molar-refractivity contribution in [2.45, 2.75) is 0 Å². The molecule has 0 atom stereocenters. The number of benzene rings is 3. The van der Waals surface area contributed by atoms with Gasteiger partial charge in [-0.05, 0) is 48.5 Å². The van der Waals surface area contributed by atoms with Crippen molar-refractivity contribution in [1.29, 1.82) is 0 Å². The first-order valence-corrected chi connectivity index (χ1v) is 7.97. The monoisotopic (exact) mass is 388 g/mol. The lowest BCUT2D eigenvalue weighted by Crippen LogP contribution is -2.16. The molecule has 2 amide bonds. The Kier molecular flexibility index (Phi) is 5.39. The molecule has 4 nitrogen and oxygen atoms in total. The molecule has 0 radical (unpaired) electrons. The number of carbonyl (C=O) groups excluding carboxylic acids is 2. The van der Waals surface area contributed by atoms with E-state index in [9.17, 15) is 27.2 Å². The van der Waals surface area contributed by atoms with Crippen molar-refractivity contribution in [2.24, 2.45) is 0 Å². The van der Waals surface area contributed by atoms with E-state index >= 15 is 0 Å². The molecule has 142 valence electrons. The van der Waals surface area contributed by atoms with Gasteiger partial charge in [0.1, 0.15) is 5.82 Å². The third kappa shape index (κ3) is 4.17. The average molecular weight is 388 g/mol. The molecular weight excluding hydrogens is 376 g/mol. The van der Waals surface area contributed by atoms with Gasteiger partial charge in [-0.15, -0.1) is 0 Å². The fourth-order valence-electron chi connectivity index (χ4n) is 2.39. The first kappa shape index (κ1) is 19.1. The summed E-state index contributed by atoms with van der Waals surface area (Å²) in [5.74, 6) is -6.58. The Morgan fingerprint density at radius 2 is 1.32 bits per heavy atom. The van der Waals surface area contributed by atoms with Crippen molar-refractivity contribution in [3.63, 3.8) is 0 Å². The molecule has 3 rings (SSSR count). The van der Waals surface area contributed by atoms with Crippen molar-refractivity contribution in [1.82, 2.24) is 0 Å². The Labute approximate surface area is 156 Å². The fraction of sp³-hybridized carbons (Fsp3) is 0. The minimum absolute atomic E-state index is 0.0176. The van der Waals surface area contributed by atoms with Crippen LogP contribution in [0.25, 0.3) is 0 Å². The number of hydrogen-bond donors (Lipinski definition) is 2. The second-order valence-corrected chi connectivity index (χ2v) is 5.72. The smallest absolute Gasteiger partial charge is 0.255 e. The third-order valence-corrected chi connectivity index (χ3v) is 3.75. The molecule has 0 aliphatic heterocycles. The summed E-state index contributed by atoms with van der Waals surface area (Å²) in [5.41, 5.74) is -0.249. The van der Waals surface area contributed by atoms with Gasteiger partial charge in [0.2, 0.25) is 0 Å². The van der Waals surface area contributed by atoms with Gasteiger partial charge in [0.05, 0.1) is 5.69 Å². The second-order valence-electron chi connectivity index (χ2n) is 5.72. The van der Waals surface area contributed by atoms with Crippen molar-refractivity contribution in [3.05, 3.63) is 95.1 Å². The Bertz CT molecular complexity index is 1070. The van der Waals surface area contributed by atoms with Crippen molar-refractivity contribution < 1.29 is 27.2 Å². The summed E-state index contributed by atoms with van der Waals surface area (Å²) in [7, 11) is 0. The molecular formula is C20H12F4N2O2. The van der Waals surface area contributed by atoms with E-state index in [1.54, 1.807) is 0 Å². The zero-order valence-electron chi connectivity index (χ0n) is 14.1. The van der Waals surface area contributed by atoms with E-state index in [1.165, 1.54) is 42.5 Å². The van der Waals surface area contributed by atoms with Crippen LogP contribution in [0.1, 0.15) is 20.7 Å². The highest BCUT2D eigenvalue weighted by Crippen LogP contribution is 2.20. The lowest BCUT2D eigenvalue weighted by Gasteiger charge is -2.09. The molecule has 0 heterocycles. The lowest BCUT2D eigenvalue weighted by atomic mass is 10.1. The second kappa shape index (κ2) is 7.91. The van der Waals surface area contributed by atoms with Crippen LogP contribution in [-0.2, 0) is 0 Å². The average Bonchev–Trinajstić information content (AvgIpc) is 2.68. The number of halogens is 4. The molecule has 0 fully saturated rings. The maximum Gasteiger partial charge on any atom is 0.255 e. The Morgan fingerprint density at radius 3 is 2.00 bits per heavy atom. The molecule has 0 aromatic heterocycles. The topological polar surface area (TPSA) is 58.2 Å². The van der Waals surface area contributed by atoms with Crippen LogP contribution in [0.15, 0.2) is 60.7 Å². The predicted octanol–water partition coefficient (Wildman–Crippen LogP) is 4.75. The lowest BCUT2D eigenvalue weighted by molar-refractivity contribution is 0.102. The van der Waals surface area contributed by atoms with Gasteiger partial charge in [-0.25, -0.2) is 17.6 Å². The first-order valence-electron chi connectivity index (χ1n) is 7.97. The van der Waals surface area contributed by atoms with Crippen LogP contribution in [-0.4, -0.2) is 11.8 Å². The van der Waals surface area contributed by atoms with Crippen LogP contribution in [0.5, 0.6) is 0 Å². The van der Waals surface area contributed by atoms with Gasteiger partial charge in [0.15, 0.2) is 17.5 Å². The van der Waals surface area contributed by atoms with E-state index in [0.717, 1.165) is 12.1 Å². The summed E-state index contributed by atoms with van der Waals surface area (Å²) in [6, 6.07) is 12.2. The zero-order valence-corrected chi connectivity index (χ0v) is 14.1. The van der Waals surface area contributed by atoms with E-state index in [1.807, 2.05) is 0 Å². The summed E-state index contributed by atoms with van der Waals surface area (Å²) in [6.07, 6.45) is 0. The molecule has 28 heavy (non-hydrogen) atoms. The molecule has 0 aliphatic rings. The SMILES string of the molecule is O=C(Nc1cccc(F)c1)c1cccc(C(=O)Nc2ccc(F)c(F)c2F)c1. The molecule has 0 saturated heterocycles. The number of amides is 2. The molecule has 3 aromatic rings. The van der Waals surface area contributed by atoms with E-state index in [2.05, 4.69) is 10.6 Å². The number of anilines is 2. The number of rotatable bonds is 4. The van der Waals surface area contributed by atoms with Crippen LogP contribution in [0.3, 0.4) is 0 Å². The van der Waals surface area contributed by atoms with Gasteiger partial charge < -0.3 is 10.6 Å². The summed E-state index contributed by atoms with van der Waals surface area (Å²) < 4.78 is 53.1. The highest BCUT2D eigenvalue weighted by Gasteiger charge is 2.17. The van der Waals surface area contributed by atoms with Crippen LogP contribution in [0.2, 0.25) is 0 Å². The largest absolute Gasteiger partial charge is 0.322 e. The van der Waals surface area contributed by atoms with E-state index < -0.39 is 40.8 Å². The Hall–Kier alpha value is -3.68. The fourth-order valence-corrected chi connectivity index (χ4v) is 2.39. The molecule has 0 bridgehead atoms. The maximum atomic E-state index is 13.7. The quantitative estimate of drug-likeness (QED) is 0.501. The first-order chi connectivity index (χ1) is 13.3. The molecule has 0 aliphatic carbocycles. The third-order valence-electron chi connectivity index (χ3n) is 3.75. The predicted molar refractivity (Wildman–Crippen MR) is 95.1 cm³/mol. The number of hydrogen-bond acceptors (Lipinski definition) is 2. The van der Waals surface area contributed by atoms with Gasteiger partial charge in [-0.1, -0.05) is 12.1 Å². The molecule has 3 aromatic carbocycles. The standard InChI is InChI=1S/C20H12F4N2O2/c21-13-5-2-6-14(10-13)25-19(27)11-3-1-4-12(9-11)20(28)26-16-8-7-15(22)17(23)18(16)24/h1-10H,(H,25,27)(H,26,28). The summed E-state index contributed by atoms with van der Waals surface area (Å²) >= 11 is 0. The molecule has 2 N–H and O–H groups in total. The van der Waals surface area contributed by atoms with Gasteiger partial charge in [0, 0.05) is 16.8 Å². The maximum absolute atomic E-state index is 13.7. The van der Waals surface area contributed by atoms with E-state index in [-0.39, 0.29) is 16.8 Å². The molecule has 0 saturated carbocycles. The molecule has 0 spiro atoms. The van der Waals surface area contributed by atoms with Gasteiger partial charge in [-0.2, -0.15) is 0 Å². The Morgan fingerprint density at radius 1 is 0.679 bits per heavy atom. The van der Waals surface area contributed by atoms with E-state index in [0.29, 0.717) is 6.07 Å². The molecule has 0 unspecified atom stereocenters. The van der Waals surface area contributed by atoms with Crippen molar-refractivity contribution >= 4 is 23.2 Å². The van der Waals surface area contributed by atoms with Crippen LogP contribution in [0.4, 0.5) is 28.9 Å². The van der Waals surface area contributed by atoms with Gasteiger partial charge >= 0.3 is 0 Å². The van der Waals surface area contributed by atoms with Crippen LogP contribution in [0, 0.1) is 23.3 Å². The van der Waals surface area contributed by atoms with Gasteiger partial charge in [0.25, 0.3) is 11.8 Å². The number of nitrogens with one attached hydrogen (secondary N) is 2. The van der Waals surface area contributed by atoms with Crippen LogP contribution >= 0.6 is 0 Å². The summed E-state index contributed by atoms with van der Waals surface area (Å²) in [4.78, 5) is 24.5. The van der Waals surface area contributed by atoms with Crippen LogP contribution < -0.4 is 10.6 Å². The highest BCUT2D eigenvalue weighted by molar-refractivity contribution is 6.08. The zero-order chi connectivity index (χ0) is 20.3. The normalized spacial score (nSPS) is 10.4. The summed E-state index contributed by atoms with van der Waals surface area (Å²) in [5, 5.41) is 4.59. The highest BCUT2D eigenvalue weighted by atomic mass is 19.2. The molecule has 8 heteroatoms. The summed E-state index contributed by atoms with van der Waals surface area (Å²) in [6.45, 7) is 0. The minimum atomic E-state index is -1.71. The van der Waals surface area contributed by atoms with Crippen molar-refractivity contribution in [3.8, 4) is 0 Å². The Balaban J connectivity index is 1.78.